The molecular formula is C12H18N2O5. The van der Waals surface area contributed by atoms with Crippen molar-refractivity contribution in [2.45, 2.75) is 12.8 Å². The molecule has 0 N–H and O–H groups in total. The number of hydrogen-bond acceptors (Lipinski definition) is 6. The van der Waals surface area contributed by atoms with Crippen LogP contribution in [0, 0.1) is 5.92 Å². The fourth-order valence-electron chi connectivity index (χ4n) is 2.45. The van der Waals surface area contributed by atoms with Crippen molar-refractivity contribution in [3.05, 3.63) is 0 Å². The maximum atomic E-state index is 11.9. The third-order valence-corrected chi connectivity index (χ3v) is 3.46. The quantitative estimate of drug-likeness (QED) is 0.664. The lowest BCUT2D eigenvalue weighted by Crippen LogP contribution is -2.46. The number of methoxy groups -OCH3 is 1. The molecule has 0 aromatic carbocycles. The number of hydrogen-bond donors (Lipinski definition) is 0. The number of carbonyl (C=O) groups is 3. The van der Waals surface area contributed by atoms with Gasteiger partial charge in [-0.25, -0.2) is 9.69 Å². The summed E-state index contributed by atoms with van der Waals surface area (Å²) in [6, 6.07) is 0. The molecule has 2 rings (SSSR count). The maximum absolute atomic E-state index is 11.9. The average Bonchev–Trinajstić information content (AvgIpc) is 2.84. The van der Waals surface area contributed by atoms with Crippen molar-refractivity contribution in [3.8, 4) is 0 Å². The molecule has 2 amide bonds. The largest absolute Gasteiger partial charge is 0.469 e. The molecule has 2 aliphatic heterocycles. The molecule has 2 fully saturated rings. The highest BCUT2D eigenvalue weighted by Gasteiger charge is 2.32. The Labute approximate surface area is 111 Å². The lowest BCUT2D eigenvalue weighted by Gasteiger charge is -2.31. The summed E-state index contributed by atoms with van der Waals surface area (Å²) in [6.45, 7) is 1.97. The smallest absolute Gasteiger partial charge is 0.416 e. The van der Waals surface area contributed by atoms with Gasteiger partial charge in [0.15, 0.2) is 0 Å². The first-order chi connectivity index (χ1) is 9.11. The third-order valence-electron chi connectivity index (χ3n) is 3.46. The Hall–Kier alpha value is -1.63. The molecule has 0 unspecified atom stereocenters. The molecule has 0 aromatic rings. The first-order valence-corrected chi connectivity index (χ1v) is 6.39. The van der Waals surface area contributed by atoms with E-state index in [1.165, 1.54) is 7.11 Å². The Bertz CT molecular complexity index is 384. The van der Waals surface area contributed by atoms with Gasteiger partial charge in [-0.1, -0.05) is 0 Å². The predicted molar refractivity (Wildman–Crippen MR) is 64.2 cm³/mol. The average molecular weight is 270 g/mol. The molecule has 0 aliphatic carbocycles. The molecule has 1 atom stereocenters. The minimum absolute atomic E-state index is 0.141. The van der Waals surface area contributed by atoms with E-state index in [4.69, 9.17) is 9.47 Å². The zero-order chi connectivity index (χ0) is 13.8. The van der Waals surface area contributed by atoms with Crippen molar-refractivity contribution in [3.63, 3.8) is 0 Å². The first kappa shape index (κ1) is 13.8. The normalized spacial score (nSPS) is 24.2. The van der Waals surface area contributed by atoms with Crippen LogP contribution in [0.4, 0.5) is 4.79 Å². The first-order valence-electron chi connectivity index (χ1n) is 6.39. The third kappa shape index (κ3) is 3.23. The Morgan fingerprint density at radius 3 is 2.84 bits per heavy atom. The molecule has 7 nitrogen and oxygen atoms in total. The number of likely N-dealkylation sites (tertiary alicyclic amines) is 1. The van der Waals surface area contributed by atoms with Crippen molar-refractivity contribution in [2.75, 3.05) is 39.9 Å². The summed E-state index contributed by atoms with van der Waals surface area (Å²) in [7, 11) is 1.37. The molecule has 0 radical (unpaired) electrons. The summed E-state index contributed by atoms with van der Waals surface area (Å²) in [4.78, 5) is 37.7. The molecular weight excluding hydrogens is 252 g/mol. The van der Waals surface area contributed by atoms with Gasteiger partial charge < -0.3 is 9.47 Å². The highest BCUT2D eigenvalue weighted by Crippen LogP contribution is 2.18. The van der Waals surface area contributed by atoms with Crippen LogP contribution in [0.3, 0.4) is 0 Å². The molecule has 0 aromatic heterocycles. The molecule has 7 heteroatoms. The van der Waals surface area contributed by atoms with Crippen LogP contribution in [0.25, 0.3) is 0 Å². The van der Waals surface area contributed by atoms with E-state index in [-0.39, 0.29) is 30.9 Å². The zero-order valence-corrected chi connectivity index (χ0v) is 11.0. The summed E-state index contributed by atoms with van der Waals surface area (Å²) in [6.07, 6.45) is 1.05. The topological polar surface area (TPSA) is 76.2 Å². The number of cyclic esters (lactones) is 1. The second-order valence-corrected chi connectivity index (χ2v) is 4.76. The van der Waals surface area contributed by atoms with Crippen LogP contribution < -0.4 is 0 Å². The number of imide groups is 1. The van der Waals surface area contributed by atoms with Crippen LogP contribution in [-0.2, 0) is 19.1 Å². The lowest BCUT2D eigenvalue weighted by molar-refractivity contribution is -0.148. The van der Waals surface area contributed by atoms with Crippen molar-refractivity contribution in [1.29, 1.82) is 0 Å². The second-order valence-electron chi connectivity index (χ2n) is 4.76. The molecule has 2 aliphatic rings. The van der Waals surface area contributed by atoms with Gasteiger partial charge in [-0.3, -0.25) is 14.5 Å². The number of esters is 1. The monoisotopic (exact) mass is 270 g/mol. The summed E-state index contributed by atoms with van der Waals surface area (Å²) >= 11 is 0. The van der Waals surface area contributed by atoms with Crippen LogP contribution in [-0.4, -0.2) is 67.7 Å². The van der Waals surface area contributed by atoms with E-state index in [1.54, 1.807) is 0 Å². The van der Waals surface area contributed by atoms with E-state index in [0.29, 0.717) is 13.1 Å². The lowest BCUT2D eigenvalue weighted by atomic mass is 9.98. The van der Waals surface area contributed by atoms with Gasteiger partial charge in [0.05, 0.1) is 26.1 Å². The van der Waals surface area contributed by atoms with E-state index >= 15 is 0 Å². The minimum atomic E-state index is -0.577. The molecule has 19 heavy (non-hydrogen) atoms. The molecule has 0 bridgehead atoms. The highest BCUT2D eigenvalue weighted by atomic mass is 16.6. The van der Waals surface area contributed by atoms with Gasteiger partial charge in [0.25, 0.3) is 0 Å². The Kier molecular flexibility index (Phi) is 4.36. The van der Waals surface area contributed by atoms with Crippen LogP contribution >= 0.6 is 0 Å². The number of amides is 2. The molecule has 0 saturated carbocycles. The summed E-state index contributed by atoms with van der Waals surface area (Å²) < 4.78 is 9.45. The Morgan fingerprint density at radius 2 is 2.21 bits per heavy atom. The van der Waals surface area contributed by atoms with E-state index in [2.05, 4.69) is 0 Å². The Balaban J connectivity index is 1.86. The number of rotatable bonds is 3. The standard InChI is InChI=1S/C12H18N2O5/c1-18-11(16)9-3-2-4-13(7-9)8-10(15)14-5-6-19-12(14)17/h9H,2-8H2,1H3/t9-/m0/s1. The maximum Gasteiger partial charge on any atom is 0.416 e. The molecule has 2 saturated heterocycles. The second kappa shape index (κ2) is 6.01. The number of carbonyl (C=O) groups excluding carboxylic acids is 3. The number of nitrogens with zero attached hydrogens (tertiary/aromatic N) is 2. The van der Waals surface area contributed by atoms with Crippen molar-refractivity contribution >= 4 is 18.0 Å². The Morgan fingerprint density at radius 1 is 1.42 bits per heavy atom. The minimum Gasteiger partial charge on any atom is -0.469 e. The van der Waals surface area contributed by atoms with Gasteiger partial charge in [-0.2, -0.15) is 0 Å². The molecule has 106 valence electrons. The number of piperidine rings is 1. The van der Waals surface area contributed by atoms with Gasteiger partial charge in [0, 0.05) is 6.54 Å². The van der Waals surface area contributed by atoms with Gasteiger partial charge in [0.2, 0.25) is 5.91 Å². The molecule has 0 spiro atoms. The van der Waals surface area contributed by atoms with E-state index in [1.807, 2.05) is 4.90 Å². The molecule has 2 heterocycles. The van der Waals surface area contributed by atoms with Gasteiger partial charge in [-0.05, 0) is 19.4 Å². The van der Waals surface area contributed by atoms with Crippen LogP contribution in [0.2, 0.25) is 0 Å². The predicted octanol–water partition coefficient (Wildman–Crippen LogP) is -0.150. The number of ether oxygens (including phenoxy) is 2. The fourth-order valence-corrected chi connectivity index (χ4v) is 2.45. The van der Waals surface area contributed by atoms with Crippen molar-refractivity contribution in [1.82, 2.24) is 9.80 Å². The van der Waals surface area contributed by atoms with Crippen LogP contribution in [0.15, 0.2) is 0 Å². The van der Waals surface area contributed by atoms with Crippen molar-refractivity contribution < 1.29 is 23.9 Å². The highest BCUT2D eigenvalue weighted by molar-refractivity contribution is 5.94. The SMILES string of the molecule is COC(=O)[C@H]1CCCN(CC(=O)N2CCOC2=O)C1. The summed E-state index contributed by atoms with van der Waals surface area (Å²) in [5.74, 6) is -0.692. The zero-order valence-electron chi connectivity index (χ0n) is 11.0. The van der Waals surface area contributed by atoms with E-state index in [9.17, 15) is 14.4 Å². The fraction of sp³-hybridized carbons (Fsp3) is 0.750. The van der Waals surface area contributed by atoms with Gasteiger partial charge >= 0.3 is 12.1 Å². The summed E-state index contributed by atoms with van der Waals surface area (Å²) in [5.41, 5.74) is 0. The summed E-state index contributed by atoms with van der Waals surface area (Å²) in [5, 5.41) is 0. The van der Waals surface area contributed by atoms with E-state index < -0.39 is 6.09 Å². The van der Waals surface area contributed by atoms with Gasteiger partial charge in [-0.15, -0.1) is 0 Å². The van der Waals surface area contributed by atoms with Gasteiger partial charge in [0.1, 0.15) is 6.61 Å². The van der Waals surface area contributed by atoms with Crippen LogP contribution in [0.5, 0.6) is 0 Å². The van der Waals surface area contributed by atoms with Crippen LogP contribution in [0.1, 0.15) is 12.8 Å². The van der Waals surface area contributed by atoms with E-state index in [0.717, 1.165) is 24.3 Å². The van der Waals surface area contributed by atoms with Crippen molar-refractivity contribution in [2.24, 2.45) is 5.92 Å².